The van der Waals surface area contributed by atoms with Crippen molar-refractivity contribution in [2.24, 2.45) is 0 Å². The predicted molar refractivity (Wildman–Crippen MR) is 94.4 cm³/mol. The molecule has 2 amide bonds. The number of aromatic nitrogens is 1. The van der Waals surface area contributed by atoms with E-state index in [1.54, 1.807) is 30.5 Å². The van der Waals surface area contributed by atoms with Gasteiger partial charge in [-0.05, 0) is 49.6 Å². The van der Waals surface area contributed by atoms with Gasteiger partial charge in [0, 0.05) is 23.8 Å². The Kier molecular flexibility index (Phi) is 4.98. The molecule has 5 nitrogen and oxygen atoms in total. The largest absolute Gasteiger partial charge is 0.357 e. The van der Waals surface area contributed by atoms with Gasteiger partial charge in [-0.1, -0.05) is 17.7 Å². The van der Waals surface area contributed by atoms with Crippen LogP contribution in [0.4, 0.5) is 22.0 Å². The van der Waals surface area contributed by atoms with Crippen molar-refractivity contribution in [2.45, 2.75) is 19.3 Å². The van der Waals surface area contributed by atoms with Crippen LogP contribution in [0, 0.1) is 0 Å². The molecule has 0 atom stereocenters. The molecule has 6 heteroatoms. The van der Waals surface area contributed by atoms with Gasteiger partial charge in [-0.2, -0.15) is 0 Å². The van der Waals surface area contributed by atoms with E-state index in [0.717, 1.165) is 18.9 Å². The summed E-state index contributed by atoms with van der Waals surface area (Å²) in [4.78, 5) is 18.7. The summed E-state index contributed by atoms with van der Waals surface area (Å²) in [7, 11) is 0. The highest BCUT2D eigenvalue weighted by Gasteiger charge is 2.12. The predicted octanol–water partition coefficient (Wildman–Crippen LogP) is 4.37. The summed E-state index contributed by atoms with van der Waals surface area (Å²) < 4.78 is 0. The third-order valence-electron chi connectivity index (χ3n) is 3.77. The van der Waals surface area contributed by atoms with E-state index in [-0.39, 0.29) is 6.03 Å². The first kappa shape index (κ1) is 15.6. The number of halogens is 1. The zero-order chi connectivity index (χ0) is 16.1. The van der Waals surface area contributed by atoms with Gasteiger partial charge in [0.05, 0.1) is 11.9 Å². The van der Waals surface area contributed by atoms with Crippen molar-refractivity contribution >= 4 is 34.8 Å². The van der Waals surface area contributed by atoms with E-state index in [1.165, 1.54) is 19.3 Å². The zero-order valence-corrected chi connectivity index (χ0v) is 13.5. The van der Waals surface area contributed by atoms with Crippen molar-refractivity contribution in [3.05, 3.63) is 47.6 Å². The van der Waals surface area contributed by atoms with E-state index < -0.39 is 0 Å². The Balaban J connectivity index is 1.58. The number of nitrogens with one attached hydrogen (secondary N) is 2. The molecule has 1 aliphatic heterocycles. The molecule has 120 valence electrons. The van der Waals surface area contributed by atoms with Crippen molar-refractivity contribution in [1.82, 2.24) is 4.98 Å². The van der Waals surface area contributed by atoms with Crippen LogP contribution in [-0.2, 0) is 0 Å². The molecule has 1 saturated heterocycles. The van der Waals surface area contributed by atoms with Gasteiger partial charge in [-0.3, -0.25) is 0 Å². The number of pyridine rings is 1. The highest BCUT2D eigenvalue weighted by Crippen LogP contribution is 2.19. The fraction of sp³-hybridized carbons (Fsp3) is 0.294. The van der Waals surface area contributed by atoms with Gasteiger partial charge in [0.2, 0.25) is 0 Å². The van der Waals surface area contributed by atoms with E-state index in [4.69, 9.17) is 11.6 Å². The zero-order valence-electron chi connectivity index (χ0n) is 12.8. The Morgan fingerprint density at radius 1 is 1.04 bits per heavy atom. The first-order chi connectivity index (χ1) is 11.2. The Morgan fingerprint density at radius 3 is 2.52 bits per heavy atom. The van der Waals surface area contributed by atoms with Crippen LogP contribution >= 0.6 is 11.6 Å². The maximum absolute atomic E-state index is 12.0. The van der Waals surface area contributed by atoms with Crippen molar-refractivity contribution in [1.29, 1.82) is 0 Å². The maximum Gasteiger partial charge on any atom is 0.323 e. The third-order valence-corrected chi connectivity index (χ3v) is 4.00. The van der Waals surface area contributed by atoms with E-state index in [1.807, 2.05) is 12.1 Å². The number of piperidine rings is 1. The first-order valence-electron chi connectivity index (χ1n) is 7.75. The van der Waals surface area contributed by atoms with Gasteiger partial charge in [-0.25, -0.2) is 9.78 Å². The molecule has 0 aliphatic carbocycles. The number of urea groups is 1. The number of benzene rings is 1. The number of amides is 2. The summed E-state index contributed by atoms with van der Waals surface area (Å²) in [5.74, 6) is 0.963. The monoisotopic (exact) mass is 330 g/mol. The lowest BCUT2D eigenvalue weighted by Crippen LogP contribution is -2.30. The topological polar surface area (TPSA) is 57.3 Å². The summed E-state index contributed by atoms with van der Waals surface area (Å²) in [6.45, 7) is 2.10. The average molecular weight is 331 g/mol. The van der Waals surface area contributed by atoms with Crippen LogP contribution in [0.5, 0.6) is 0 Å². The molecule has 0 radical (unpaired) electrons. The summed E-state index contributed by atoms with van der Waals surface area (Å²) in [5, 5.41) is 6.08. The molecular weight excluding hydrogens is 312 g/mol. The molecule has 0 unspecified atom stereocenters. The molecule has 2 N–H and O–H groups in total. The smallest absolute Gasteiger partial charge is 0.323 e. The second kappa shape index (κ2) is 7.33. The highest BCUT2D eigenvalue weighted by atomic mass is 35.5. The van der Waals surface area contributed by atoms with Crippen LogP contribution in [0.25, 0.3) is 0 Å². The maximum atomic E-state index is 12.0. The Morgan fingerprint density at radius 2 is 1.83 bits per heavy atom. The minimum Gasteiger partial charge on any atom is -0.357 e. The molecule has 0 bridgehead atoms. The SMILES string of the molecule is O=C(Nc1ccc(N2CCCCC2)nc1)Nc1cccc(Cl)c1. The molecule has 2 aromatic rings. The van der Waals surface area contributed by atoms with Crippen LogP contribution in [-0.4, -0.2) is 24.1 Å². The second-order valence-corrected chi connectivity index (χ2v) is 5.98. The van der Waals surface area contributed by atoms with Crippen molar-refractivity contribution < 1.29 is 4.79 Å². The lowest BCUT2D eigenvalue weighted by atomic mass is 10.1. The van der Waals surface area contributed by atoms with Crippen LogP contribution in [0.3, 0.4) is 0 Å². The third kappa shape index (κ3) is 4.36. The van der Waals surface area contributed by atoms with E-state index in [9.17, 15) is 4.79 Å². The molecule has 1 aliphatic rings. The van der Waals surface area contributed by atoms with E-state index in [0.29, 0.717) is 16.4 Å². The number of carbonyl (C=O) groups is 1. The van der Waals surface area contributed by atoms with E-state index in [2.05, 4.69) is 20.5 Å². The number of nitrogens with zero attached hydrogens (tertiary/aromatic N) is 2. The number of hydrogen-bond acceptors (Lipinski definition) is 3. The van der Waals surface area contributed by atoms with Gasteiger partial charge < -0.3 is 15.5 Å². The number of carbonyl (C=O) groups excluding carboxylic acids is 1. The van der Waals surface area contributed by atoms with Gasteiger partial charge in [0.25, 0.3) is 0 Å². The Bertz CT molecular complexity index is 669. The van der Waals surface area contributed by atoms with Gasteiger partial charge >= 0.3 is 6.03 Å². The molecule has 1 aromatic carbocycles. The van der Waals surface area contributed by atoms with Crippen LogP contribution < -0.4 is 15.5 Å². The fourth-order valence-corrected chi connectivity index (χ4v) is 2.82. The summed E-state index contributed by atoms with van der Waals surface area (Å²) in [5.41, 5.74) is 1.30. The lowest BCUT2D eigenvalue weighted by Gasteiger charge is -2.27. The van der Waals surface area contributed by atoms with Gasteiger partial charge in [-0.15, -0.1) is 0 Å². The van der Waals surface area contributed by atoms with Crippen molar-refractivity contribution in [2.75, 3.05) is 28.6 Å². The number of anilines is 3. The molecule has 23 heavy (non-hydrogen) atoms. The second-order valence-electron chi connectivity index (χ2n) is 5.54. The minimum absolute atomic E-state index is 0.320. The van der Waals surface area contributed by atoms with Crippen LogP contribution in [0.15, 0.2) is 42.6 Å². The minimum atomic E-state index is -0.320. The van der Waals surface area contributed by atoms with Gasteiger partial charge in [0.1, 0.15) is 5.82 Å². The highest BCUT2D eigenvalue weighted by molar-refractivity contribution is 6.30. The number of hydrogen-bond donors (Lipinski definition) is 2. The van der Waals surface area contributed by atoms with Crippen molar-refractivity contribution in [3.63, 3.8) is 0 Å². The molecule has 3 rings (SSSR count). The lowest BCUT2D eigenvalue weighted by molar-refractivity contribution is 0.262. The fourth-order valence-electron chi connectivity index (χ4n) is 2.63. The first-order valence-corrected chi connectivity index (χ1v) is 8.13. The average Bonchev–Trinajstić information content (AvgIpc) is 2.56. The van der Waals surface area contributed by atoms with Crippen molar-refractivity contribution in [3.8, 4) is 0 Å². The summed E-state index contributed by atoms with van der Waals surface area (Å²) >= 11 is 5.89. The van der Waals surface area contributed by atoms with Crippen LogP contribution in [0.1, 0.15) is 19.3 Å². The molecular formula is C17H19ClN4O. The van der Waals surface area contributed by atoms with Gasteiger partial charge in [0.15, 0.2) is 0 Å². The summed E-state index contributed by atoms with van der Waals surface area (Å²) in [6, 6.07) is 10.5. The standard InChI is InChI=1S/C17H19ClN4O/c18-13-5-4-6-14(11-13)20-17(23)21-15-7-8-16(19-12-15)22-9-2-1-3-10-22/h4-8,11-12H,1-3,9-10H2,(H2,20,21,23). The molecule has 2 heterocycles. The van der Waals surface area contributed by atoms with Crippen LogP contribution in [0.2, 0.25) is 5.02 Å². The molecule has 1 fully saturated rings. The Labute approximate surface area is 140 Å². The molecule has 1 aromatic heterocycles. The summed E-state index contributed by atoms with van der Waals surface area (Å²) in [6.07, 6.45) is 5.40. The quantitative estimate of drug-likeness (QED) is 0.878. The normalized spacial score (nSPS) is 14.4. The molecule has 0 saturated carbocycles. The number of rotatable bonds is 3. The van der Waals surface area contributed by atoms with E-state index >= 15 is 0 Å². The Hall–Kier alpha value is -2.27. The molecule has 0 spiro atoms.